The Labute approximate surface area is 134 Å². The first-order valence-electron chi connectivity index (χ1n) is 7.80. The SMILES string of the molecule is CC(CCOS(C)(=O)=O)C1CCN(C(=O)OC(C)(C)C)CC1. The van der Waals surface area contributed by atoms with Gasteiger partial charge < -0.3 is 9.64 Å². The van der Waals surface area contributed by atoms with E-state index in [9.17, 15) is 13.2 Å². The Hall–Kier alpha value is -0.820. The van der Waals surface area contributed by atoms with Crippen LogP contribution in [-0.4, -0.2) is 51.0 Å². The highest BCUT2D eigenvalue weighted by Crippen LogP contribution is 2.28. The summed E-state index contributed by atoms with van der Waals surface area (Å²) < 4.78 is 32.0. The Bertz CT molecular complexity index is 461. The number of piperidine rings is 1. The van der Waals surface area contributed by atoms with Crippen LogP contribution in [0.5, 0.6) is 0 Å². The van der Waals surface area contributed by atoms with Gasteiger partial charge in [-0.3, -0.25) is 4.18 Å². The monoisotopic (exact) mass is 335 g/mol. The van der Waals surface area contributed by atoms with E-state index in [-0.39, 0.29) is 12.7 Å². The summed E-state index contributed by atoms with van der Waals surface area (Å²) in [6.07, 6.45) is 3.36. The Morgan fingerprint density at radius 1 is 1.27 bits per heavy atom. The minimum absolute atomic E-state index is 0.228. The zero-order valence-corrected chi connectivity index (χ0v) is 15.1. The zero-order valence-electron chi connectivity index (χ0n) is 14.3. The predicted molar refractivity (Wildman–Crippen MR) is 85.1 cm³/mol. The molecule has 22 heavy (non-hydrogen) atoms. The van der Waals surface area contributed by atoms with Gasteiger partial charge in [0.05, 0.1) is 12.9 Å². The summed E-state index contributed by atoms with van der Waals surface area (Å²) in [5.41, 5.74) is -0.468. The van der Waals surface area contributed by atoms with Crippen molar-refractivity contribution < 1.29 is 22.1 Å². The molecule has 0 N–H and O–H groups in total. The summed E-state index contributed by atoms with van der Waals surface area (Å²) in [7, 11) is -3.36. The zero-order chi connectivity index (χ0) is 17.0. The van der Waals surface area contributed by atoms with Gasteiger partial charge in [0.1, 0.15) is 5.60 Å². The van der Waals surface area contributed by atoms with Gasteiger partial charge >= 0.3 is 6.09 Å². The largest absolute Gasteiger partial charge is 0.444 e. The molecular weight excluding hydrogens is 306 g/mol. The van der Waals surface area contributed by atoms with Crippen LogP contribution in [0.1, 0.15) is 47.0 Å². The summed E-state index contributed by atoms with van der Waals surface area (Å²) in [6.45, 7) is 9.31. The van der Waals surface area contributed by atoms with Crippen molar-refractivity contribution in [2.45, 2.75) is 52.6 Å². The Morgan fingerprint density at radius 2 is 1.82 bits per heavy atom. The average Bonchev–Trinajstić information content (AvgIpc) is 2.35. The molecule has 0 aliphatic carbocycles. The minimum Gasteiger partial charge on any atom is -0.444 e. The van der Waals surface area contributed by atoms with E-state index in [1.807, 2.05) is 20.8 Å². The quantitative estimate of drug-likeness (QED) is 0.722. The fourth-order valence-corrected chi connectivity index (χ4v) is 3.00. The molecule has 0 aromatic rings. The van der Waals surface area contributed by atoms with Crippen LogP contribution in [0.25, 0.3) is 0 Å². The van der Waals surface area contributed by atoms with Crippen molar-refractivity contribution in [3.8, 4) is 0 Å². The van der Waals surface area contributed by atoms with E-state index in [2.05, 4.69) is 6.92 Å². The number of ether oxygens (including phenoxy) is 1. The van der Waals surface area contributed by atoms with Crippen molar-refractivity contribution in [3.05, 3.63) is 0 Å². The van der Waals surface area contributed by atoms with Crippen molar-refractivity contribution in [2.24, 2.45) is 11.8 Å². The Kier molecular flexibility index (Phi) is 6.67. The predicted octanol–water partition coefficient (Wildman–Crippen LogP) is 2.64. The average molecular weight is 335 g/mol. The molecule has 0 radical (unpaired) electrons. The molecule has 1 atom stereocenters. The van der Waals surface area contributed by atoms with E-state index in [1.54, 1.807) is 4.90 Å². The second-order valence-corrected chi connectivity index (χ2v) is 8.74. The first kappa shape index (κ1) is 19.2. The summed E-state index contributed by atoms with van der Waals surface area (Å²) in [6, 6.07) is 0. The molecule has 0 spiro atoms. The molecule has 1 saturated heterocycles. The van der Waals surface area contributed by atoms with Crippen molar-refractivity contribution in [1.82, 2.24) is 4.90 Å². The molecule has 1 heterocycles. The minimum atomic E-state index is -3.36. The fourth-order valence-electron chi connectivity index (χ4n) is 2.60. The maximum absolute atomic E-state index is 12.0. The molecule has 6 nitrogen and oxygen atoms in total. The summed E-state index contributed by atoms with van der Waals surface area (Å²) in [5.74, 6) is 0.865. The second kappa shape index (κ2) is 7.64. The highest BCUT2D eigenvalue weighted by molar-refractivity contribution is 7.85. The molecular formula is C15H29NO5S. The van der Waals surface area contributed by atoms with Crippen LogP contribution in [0.4, 0.5) is 4.79 Å². The van der Waals surface area contributed by atoms with Gasteiger partial charge in [0.2, 0.25) is 0 Å². The van der Waals surface area contributed by atoms with Gasteiger partial charge in [0.15, 0.2) is 0 Å². The summed E-state index contributed by atoms with van der Waals surface area (Å²) >= 11 is 0. The summed E-state index contributed by atoms with van der Waals surface area (Å²) in [5, 5.41) is 0. The molecule has 0 bridgehead atoms. The number of hydrogen-bond donors (Lipinski definition) is 0. The Morgan fingerprint density at radius 3 is 2.27 bits per heavy atom. The lowest BCUT2D eigenvalue weighted by molar-refractivity contribution is 0.0158. The van der Waals surface area contributed by atoms with Gasteiger partial charge in [-0.1, -0.05) is 6.92 Å². The number of carbonyl (C=O) groups excluding carboxylic acids is 1. The first-order chi connectivity index (χ1) is 9.98. The number of hydrogen-bond acceptors (Lipinski definition) is 5. The smallest absolute Gasteiger partial charge is 0.410 e. The molecule has 130 valence electrons. The lowest BCUT2D eigenvalue weighted by atomic mass is 9.84. The maximum atomic E-state index is 12.0. The van der Waals surface area contributed by atoms with Gasteiger partial charge in [-0.05, 0) is 51.9 Å². The van der Waals surface area contributed by atoms with Crippen LogP contribution in [0.2, 0.25) is 0 Å². The number of carbonyl (C=O) groups is 1. The van der Waals surface area contributed by atoms with Crippen molar-refractivity contribution in [1.29, 1.82) is 0 Å². The van der Waals surface area contributed by atoms with Crippen LogP contribution in [0.15, 0.2) is 0 Å². The lowest BCUT2D eigenvalue weighted by Crippen LogP contribution is -2.42. The van der Waals surface area contributed by atoms with Crippen LogP contribution >= 0.6 is 0 Å². The van der Waals surface area contributed by atoms with Crippen molar-refractivity contribution >= 4 is 16.2 Å². The van der Waals surface area contributed by atoms with Crippen LogP contribution in [0.3, 0.4) is 0 Å². The van der Waals surface area contributed by atoms with Gasteiger partial charge in [0, 0.05) is 13.1 Å². The van der Waals surface area contributed by atoms with E-state index in [0.29, 0.717) is 31.3 Å². The van der Waals surface area contributed by atoms with Crippen LogP contribution in [0, 0.1) is 11.8 Å². The third-order valence-corrected chi connectivity index (χ3v) is 4.46. The molecule has 1 fully saturated rings. The van der Waals surface area contributed by atoms with Crippen LogP contribution < -0.4 is 0 Å². The third kappa shape index (κ3) is 7.45. The molecule has 1 rings (SSSR count). The number of rotatable bonds is 5. The molecule has 0 aromatic carbocycles. The van der Waals surface area contributed by atoms with E-state index in [4.69, 9.17) is 8.92 Å². The second-order valence-electron chi connectivity index (χ2n) is 7.10. The third-order valence-electron chi connectivity index (χ3n) is 3.87. The van der Waals surface area contributed by atoms with Gasteiger partial charge in [0.25, 0.3) is 10.1 Å². The van der Waals surface area contributed by atoms with Crippen LogP contribution in [-0.2, 0) is 19.0 Å². The van der Waals surface area contributed by atoms with Crippen molar-refractivity contribution in [2.75, 3.05) is 26.0 Å². The van der Waals surface area contributed by atoms with Crippen molar-refractivity contribution in [3.63, 3.8) is 0 Å². The standard InChI is InChI=1S/C15H29NO5S/c1-12(8-11-20-22(5,18)19)13-6-9-16(10-7-13)14(17)21-15(2,3)4/h12-13H,6-11H2,1-5H3. The maximum Gasteiger partial charge on any atom is 0.410 e. The summed E-state index contributed by atoms with van der Waals surface area (Å²) in [4.78, 5) is 13.7. The highest BCUT2D eigenvalue weighted by atomic mass is 32.2. The number of amides is 1. The topological polar surface area (TPSA) is 72.9 Å². The molecule has 1 aliphatic heterocycles. The lowest BCUT2D eigenvalue weighted by Gasteiger charge is -2.35. The van der Waals surface area contributed by atoms with Gasteiger partial charge in [-0.25, -0.2) is 4.79 Å². The molecule has 7 heteroatoms. The van der Waals surface area contributed by atoms with E-state index in [0.717, 1.165) is 19.1 Å². The molecule has 1 unspecified atom stereocenters. The van der Waals surface area contributed by atoms with E-state index in [1.165, 1.54) is 0 Å². The number of likely N-dealkylation sites (tertiary alicyclic amines) is 1. The first-order valence-corrected chi connectivity index (χ1v) is 9.62. The molecule has 0 aromatic heterocycles. The molecule has 0 saturated carbocycles. The van der Waals surface area contributed by atoms with Gasteiger partial charge in [-0.2, -0.15) is 8.42 Å². The molecule has 1 amide bonds. The number of nitrogens with zero attached hydrogens (tertiary/aromatic N) is 1. The normalized spacial score (nSPS) is 19.0. The molecule has 1 aliphatic rings. The highest BCUT2D eigenvalue weighted by Gasteiger charge is 2.29. The van der Waals surface area contributed by atoms with E-state index >= 15 is 0 Å². The van der Waals surface area contributed by atoms with E-state index < -0.39 is 15.7 Å². The van der Waals surface area contributed by atoms with Gasteiger partial charge in [-0.15, -0.1) is 0 Å². The fraction of sp³-hybridized carbons (Fsp3) is 0.933. The Balaban J connectivity index is 2.34.